The Kier molecular flexibility index (Phi) is 3.96. The van der Waals surface area contributed by atoms with Crippen molar-refractivity contribution in [2.75, 3.05) is 20.1 Å². The van der Waals surface area contributed by atoms with Crippen molar-refractivity contribution in [1.82, 2.24) is 0 Å². The van der Waals surface area contributed by atoms with Crippen LogP contribution in [0.25, 0.3) is 0 Å². The summed E-state index contributed by atoms with van der Waals surface area (Å²) in [4.78, 5) is 12.6. The van der Waals surface area contributed by atoms with Crippen molar-refractivity contribution in [3.63, 3.8) is 0 Å². The molecule has 1 heterocycles. The lowest BCUT2D eigenvalue weighted by atomic mass is 9.45. The van der Waals surface area contributed by atoms with Gasteiger partial charge in [0.15, 0.2) is 0 Å². The third kappa shape index (κ3) is 2.29. The Balaban J connectivity index is 1.37. The van der Waals surface area contributed by atoms with Gasteiger partial charge in [-0.1, -0.05) is 13.8 Å². The summed E-state index contributed by atoms with van der Waals surface area (Å²) in [6, 6.07) is 0.939. The standard InChI is InChI=1S/C24H40NO/c1-23-12-10-18(25(3)14-4-5-15-25)16-17(23)6-7-19-20-8-9-22(26)24(20,2)13-11-21(19)23/h17-21H,4-16H2,1-3H3/q+1/t17-,18-,19?,20?,21?,23-,24-/m0/s1. The molecule has 26 heavy (non-hydrogen) atoms. The lowest BCUT2D eigenvalue weighted by Gasteiger charge is -2.61. The predicted molar refractivity (Wildman–Crippen MR) is 106 cm³/mol. The van der Waals surface area contributed by atoms with Crippen molar-refractivity contribution in [3.8, 4) is 0 Å². The van der Waals surface area contributed by atoms with E-state index in [1.54, 1.807) is 0 Å². The van der Waals surface area contributed by atoms with E-state index in [4.69, 9.17) is 0 Å². The van der Waals surface area contributed by atoms with Gasteiger partial charge in [0.1, 0.15) is 5.78 Å². The summed E-state index contributed by atoms with van der Waals surface area (Å²) in [5, 5.41) is 0. The lowest BCUT2D eigenvalue weighted by Crippen LogP contribution is -2.58. The van der Waals surface area contributed by atoms with Crippen LogP contribution in [0, 0.1) is 34.5 Å². The zero-order chi connectivity index (χ0) is 18.2. The number of hydrogen-bond acceptors (Lipinski definition) is 1. The van der Waals surface area contributed by atoms with Gasteiger partial charge >= 0.3 is 0 Å². The fourth-order valence-electron chi connectivity index (χ4n) is 9.00. The van der Waals surface area contributed by atoms with Crippen molar-refractivity contribution in [2.45, 2.75) is 90.5 Å². The molecule has 1 aliphatic heterocycles. The van der Waals surface area contributed by atoms with Gasteiger partial charge in [-0.25, -0.2) is 0 Å². The van der Waals surface area contributed by atoms with Gasteiger partial charge in [-0.3, -0.25) is 4.79 Å². The minimum atomic E-state index is 0.0514. The quantitative estimate of drug-likeness (QED) is 0.588. The van der Waals surface area contributed by atoms with Crippen LogP contribution < -0.4 is 0 Å². The molecule has 5 aliphatic rings. The number of rotatable bonds is 1. The first-order chi connectivity index (χ1) is 12.4. The number of carbonyl (C=O) groups excluding carboxylic acids is 1. The van der Waals surface area contributed by atoms with E-state index < -0.39 is 0 Å². The zero-order valence-electron chi connectivity index (χ0n) is 17.4. The molecule has 0 aromatic rings. The normalized spacial score (nSPS) is 53.0. The maximum absolute atomic E-state index is 12.6. The van der Waals surface area contributed by atoms with E-state index in [9.17, 15) is 4.79 Å². The zero-order valence-corrected chi connectivity index (χ0v) is 17.4. The van der Waals surface area contributed by atoms with Gasteiger partial charge in [0.05, 0.1) is 26.2 Å². The summed E-state index contributed by atoms with van der Waals surface area (Å²) in [5.41, 5.74) is 0.626. The predicted octanol–water partition coefficient (Wildman–Crippen LogP) is 5.21. The molecule has 2 nitrogen and oxygen atoms in total. The fourth-order valence-corrected chi connectivity index (χ4v) is 9.00. The topological polar surface area (TPSA) is 17.1 Å². The van der Waals surface area contributed by atoms with Crippen LogP contribution >= 0.6 is 0 Å². The van der Waals surface area contributed by atoms with Gasteiger partial charge in [0.25, 0.3) is 0 Å². The van der Waals surface area contributed by atoms with Gasteiger partial charge in [0, 0.05) is 31.1 Å². The Morgan fingerprint density at radius 2 is 1.69 bits per heavy atom. The Hall–Kier alpha value is -0.370. The largest absolute Gasteiger partial charge is 0.324 e. The van der Waals surface area contributed by atoms with E-state index in [1.165, 1.54) is 81.8 Å². The molecule has 0 spiro atoms. The molecule has 4 aliphatic carbocycles. The second-order valence-electron chi connectivity index (χ2n) is 11.6. The number of carbonyl (C=O) groups is 1. The first-order valence-electron chi connectivity index (χ1n) is 11.7. The van der Waals surface area contributed by atoms with E-state index in [1.807, 2.05) is 0 Å². The molecule has 4 saturated carbocycles. The van der Waals surface area contributed by atoms with Crippen LogP contribution in [0.1, 0.15) is 84.5 Å². The van der Waals surface area contributed by atoms with Crippen molar-refractivity contribution in [3.05, 3.63) is 0 Å². The summed E-state index contributed by atoms with van der Waals surface area (Å²) < 4.78 is 1.38. The van der Waals surface area contributed by atoms with E-state index in [0.29, 0.717) is 17.1 Å². The molecule has 0 bridgehead atoms. The third-order valence-electron chi connectivity index (χ3n) is 10.8. The summed E-state index contributed by atoms with van der Waals surface area (Å²) in [7, 11) is 2.56. The molecule has 0 aromatic heterocycles. The summed E-state index contributed by atoms with van der Waals surface area (Å²) in [6.45, 7) is 7.87. The Bertz CT molecular complexity index is 593. The van der Waals surface area contributed by atoms with Crippen molar-refractivity contribution >= 4 is 5.78 Å². The highest BCUT2D eigenvalue weighted by Crippen LogP contribution is 2.65. The van der Waals surface area contributed by atoms with Crippen molar-refractivity contribution < 1.29 is 9.28 Å². The molecule has 5 fully saturated rings. The number of hydrogen-bond donors (Lipinski definition) is 0. The first-order valence-corrected chi connectivity index (χ1v) is 11.7. The average molecular weight is 359 g/mol. The van der Waals surface area contributed by atoms with Crippen LogP contribution in [-0.2, 0) is 4.79 Å². The lowest BCUT2D eigenvalue weighted by molar-refractivity contribution is -0.924. The van der Waals surface area contributed by atoms with E-state index in [2.05, 4.69) is 20.9 Å². The number of fused-ring (bicyclic) bond motifs is 5. The maximum atomic E-state index is 12.6. The van der Waals surface area contributed by atoms with Crippen LogP contribution in [0.3, 0.4) is 0 Å². The molecule has 1 saturated heterocycles. The van der Waals surface area contributed by atoms with E-state index in [-0.39, 0.29) is 5.41 Å². The molecule has 0 amide bonds. The molecule has 2 heteroatoms. The number of nitrogens with zero attached hydrogens (tertiary/aromatic N) is 1. The second-order valence-corrected chi connectivity index (χ2v) is 11.6. The molecule has 3 unspecified atom stereocenters. The summed E-state index contributed by atoms with van der Waals surface area (Å²) in [5.74, 6) is 4.04. The average Bonchev–Trinajstić information content (AvgIpc) is 3.19. The molecule has 0 N–H and O–H groups in total. The molecule has 5 rings (SSSR count). The minimum absolute atomic E-state index is 0.0514. The van der Waals surface area contributed by atoms with Gasteiger partial charge in [-0.15, -0.1) is 0 Å². The Morgan fingerprint density at radius 1 is 0.923 bits per heavy atom. The highest BCUT2D eigenvalue weighted by atomic mass is 16.1. The van der Waals surface area contributed by atoms with Gasteiger partial charge in [0.2, 0.25) is 0 Å². The Labute approximate surface area is 160 Å². The molecule has 0 radical (unpaired) electrons. The number of likely N-dealkylation sites (tertiary alicyclic amines) is 1. The maximum Gasteiger partial charge on any atom is 0.139 e. The monoisotopic (exact) mass is 358 g/mol. The molecule has 0 aromatic carbocycles. The number of ketones is 1. The van der Waals surface area contributed by atoms with E-state index in [0.717, 1.165) is 30.2 Å². The van der Waals surface area contributed by atoms with Gasteiger partial charge < -0.3 is 4.48 Å². The van der Waals surface area contributed by atoms with Gasteiger partial charge in [-0.05, 0) is 74.0 Å². The SMILES string of the molecule is C[C@]12CCC3C(CC[C@H]4C[C@@H]([N+]5(C)CCCC5)CC[C@]34C)C1CCC2=O. The van der Waals surface area contributed by atoms with Gasteiger partial charge in [-0.2, -0.15) is 0 Å². The van der Waals surface area contributed by atoms with Crippen molar-refractivity contribution in [1.29, 1.82) is 0 Å². The van der Waals surface area contributed by atoms with Crippen LogP contribution in [0.15, 0.2) is 0 Å². The second kappa shape index (κ2) is 5.82. The molecule has 7 atom stereocenters. The summed E-state index contributed by atoms with van der Waals surface area (Å²) in [6.07, 6.45) is 14.8. The summed E-state index contributed by atoms with van der Waals surface area (Å²) >= 11 is 0. The van der Waals surface area contributed by atoms with E-state index >= 15 is 0 Å². The van der Waals surface area contributed by atoms with Crippen LogP contribution in [-0.4, -0.2) is 36.4 Å². The third-order valence-corrected chi connectivity index (χ3v) is 10.8. The molecular weight excluding hydrogens is 318 g/mol. The van der Waals surface area contributed by atoms with Crippen molar-refractivity contribution in [2.24, 2.45) is 34.5 Å². The number of Topliss-reactive ketones (excluding diaryl/α,β-unsaturated/α-hetero) is 1. The van der Waals surface area contributed by atoms with Crippen LogP contribution in [0.2, 0.25) is 0 Å². The first kappa shape index (κ1) is 17.7. The fraction of sp³-hybridized carbons (Fsp3) is 0.958. The Morgan fingerprint density at radius 3 is 2.46 bits per heavy atom. The smallest absolute Gasteiger partial charge is 0.139 e. The molecule has 146 valence electrons. The van der Waals surface area contributed by atoms with Crippen LogP contribution in [0.5, 0.6) is 0 Å². The van der Waals surface area contributed by atoms with Crippen LogP contribution in [0.4, 0.5) is 0 Å². The highest BCUT2D eigenvalue weighted by Gasteiger charge is 2.61. The highest BCUT2D eigenvalue weighted by molar-refractivity contribution is 5.87. The minimum Gasteiger partial charge on any atom is -0.324 e. The molecular formula is C24H40NO+. The number of quaternary nitrogens is 1.